The van der Waals surface area contributed by atoms with E-state index in [4.69, 9.17) is 10.8 Å². The van der Waals surface area contributed by atoms with E-state index in [0.717, 1.165) is 76.1 Å². The van der Waals surface area contributed by atoms with E-state index in [-0.39, 0.29) is 21.2 Å². The van der Waals surface area contributed by atoms with Crippen LogP contribution in [0, 0.1) is 11.6 Å². The van der Waals surface area contributed by atoms with Crippen molar-refractivity contribution in [3.63, 3.8) is 0 Å². The minimum absolute atomic E-state index is 0.0216. The lowest BCUT2D eigenvalue weighted by molar-refractivity contribution is 0.0751. The zero-order valence-electron chi connectivity index (χ0n) is 22.7. The fourth-order valence-electron chi connectivity index (χ4n) is 6.27. The first-order valence-corrected chi connectivity index (χ1v) is 15.2. The van der Waals surface area contributed by atoms with Crippen LogP contribution in [-0.4, -0.2) is 79.7 Å². The second-order valence-corrected chi connectivity index (χ2v) is 12.6. The smallest absolute Gasteiger partial charge is 0.274 e. The average molecular weight is 584 g/mol. The Morgan fingerprint density at radius 2 is 1.68 bits per heavy atom. The molecule has 2 aromatic carbocycles. The largest absolute Gasteiger partial charge is 0.383 e. The van der Waals surface area contributed by atoms with E-state index in [2.05, 4.69) is 31.5 Å². The second kappa shape index (κ2) is 10.7. The number of sulfonamides is 1. The van der Waals surface area contributed by atoms with Gasteiger partial charge in [0.2, 0.25) is 0 Å². The number of nitrogen functional groups attached to an aromatic ring is 1. The number of piperazine rings is 1. The molecule has 3 heterocycles. The van der Waals surface area contributed by atoms with Gasteiger partial charge in [-0.05, 0) is 50.2 Å². The van der Waals surface area contributed by atoms with Crippen LogP contribution in [0.4, 0.5) is 31.8 Å². The molecule has 1 atom stereocenters. The number of benzene rings is 2. The number of nitrogens with one attached hydrogen (secondary N) is 1. The van der Waals surface area contributed by atoms with Gasteiger partial charge >= 0.3 is 0 Å². The summed E-state index contributed by atoms with van der Waals surface area (Å²) in [5.74, 6) is -0.446. The molecule has 0 spiro atoms. The van der Waals surface area contributed by atoms with Crippen LogP contribution in [0.2, 0.25) is 0 Å². The molecule has 2 aliphatic heterocycles. The normalized spacial score (nSPS) is 25.2. The molecular formula is C28H33F2N8O2S+. The number of nitrogens with zero attached hydrogens (tertiary/aromatic N) is 6. The number of hydrogen-bond acceptors (Lipinski definition) is 8. The molecule has 0 amide bonds. The van der Waals surface area contributed by atoms with Crippen LogP contribution < -0.4 is 15.0 Å². The Balaban J connectivity index is 1.31. The van der Waals surface area contributed by atoms with Gasteiger partial charge in [-0.1, -0.05) is 5.10 Å². The molecule has 1 saturated heterocycles. The molecule has 1 aliphatic carbocycles. The molecule has 0 radical (unpaired) electrons. The van der Waals surface area contributed by atoms with Gasteiger partial charge in [-0.25, -0.2) is 22.2 Å². The Morgan fingerprint density at radius 3 is 2.37 bits per heavy atom. The van der Waals surface area contributed by atoms with E-state index in [9.17, 15) is 12.8 Å². The summed E-state index contributed by atoms with van der Waals surface area (Å²) in [7, 11) is -1.98. The molecule has 0 bridgehead atoms. The van der Waals surface area contributed by atoms with E-state index in [1.54, 1.807) is 12.3 Å². The molecule has 2 fully saturated rings. The monoisotopic (exact) mass is 583 g/mol. The SMILES string of the molecule is CN1CCN(C2CCC([N+]3(c4ccc(NS(=O)(=O)c5ccc(F)cc5)c(F)c4)N=Cc4c(N)ncnc43)CC2)CC1. The first-order chi connectivity index (χ1) is 19.7. The van der Waals surface area contributed by atoms with Gasteiger partial charge < -0.3 is 10.6 Å². The minimum atomic E-state index is -4.13. The lowest BCUT2D eigenvalue weighted by Gasteiger charge is -2.43. The molecule has 1 saturated carbocycles. The number of quaternary nitrogens is 1. The molecular weight excluding hydrogens is 550 g/mol. The van der Waals surface area contributed by atoms with Crippen molar-refractivity contribution < 1.29 is 17.2 Å². The molecule has 13 heteroatoms. The van der Waals surface area contributed by atoms with Crippen molar-refractivity contribution in [2.24, 2.45) is 5.10 Å². The van der Waals surface area contributed by atoms with Crippen molar-refractivity contribution in [2.75, 3.05) is 43.7 Å². The quantitative estimate of drug-likeness (QED) is 0.425. The van der Waals surface area contributed by atoms with Crippen LogP contribution in [0.5, 0.6) is 0 Å². The Hall–Kier alpha value is -3.52. The van der Waals surface area contributed by atoms with Crippen molar-refractivity contribution in [3.8, 4) is 0 Å². The number of halogens is 2. The zero-order chi connectivity index (χ0) is 28.8. The lowest BCUT2D eigenvalue weighted by Crippen LogP contribution is -2.54. The predicted octanol–water partition coefficient (Wildman–Crippen LogP) is 3.68. The highest BCUT2D eigenvalue weighted by molar-refractivity contribution is 7.92. The summed E-state index contributed by atoms with van der Waals surface area (Å²) in [5.41, 5.74) is 7.08. The Kier molecular flexibility index (Phi) is 7.22. The first kappa shape index (κ1) is 27.6. The van der Waals surface area contributed by atoms with Gasteiger partial charge in [-0.3, -0.25) is 9.62 Å². The van der Waals surface area contributed by atoms with Gasteiger partial charge in [0.15, 0.2) is 11.5 Å². The Bertz CT molecular complexity index is 1570. The molecule has 3 aromatic rings. The van der Waals surface area contributed by atoms with Crippen molar-refractivity contribution in [2.45, 2.75) is 42.7 Å². The molecule has 1 aromatic heterocycles. The van der Waals surface area contributed by atoms with E-state index >= 15 is 4.39 Å². The van der Waals surface area contributed by atoms with E-state index < -0.39 is 21.7 Å². The predicted molar refractivity (Wildman–Crippen MR) is 154 cm³/mol. The van der Waals surface area contributed by atoms with Crippen molar-refractivity contribution >= 4 is 39.2 Å². The van der Waals surface area contributed by atoms with E-state index in [0.29, 0.717) is 28.9 Å². The molecule has 3 N–H and O–H groups in total. The highest BCUT2D eigenvalue weighted by atomic mass is 32.2. The van der Waals surface area contributed by atoms with Gasteiger partial charge in [0.25, 0.3) is 15.8 Å². The minimum Gasteiger partial charge on any atom is -0.383 e. The van der Waals surface area contributed by atoms with Crippen molar-refractivity contribution in [3.05, 3.63) is 66.0 Å². The van der Waals surface area contributed by atoms with Gasteiger partial charge in [0.05, 0.1) is 10.6 Å². The molecule has 3 aliphatic rings. The summed E-state index contributed by atoms with van der Waals surface area (Å²) in [6, 6.07) is 9.16. The summed E-state index contributed by atoms with van der Waals surface area (Å²) in [6.07, 6.45) is 6.71. The maximum absolute atomic E-state index is 15.6. The third-order valence-electron chi connectivity index (χ3n) is 8.55. The summed E-state index contributed by atoms with van der Waals surface area (Å²) >= 11 is 0. The number of aromatic nitrogens is 2. The Morgan fingerprint density at radius 1 is 0.976 bits per heavy atom. The van der Waals surface area contributed by atoms with Crippen LogP contribution in [-0.2, 0) is 10.0 Å². The summed E-state index contributed by atoms with van der Waals surface area (Å²) in [6.45, 7) is 4.23. The number of likely N-dealkylation sites (N-methyl/N-ethyl adjacent to an activating group) is 1. The fourth-order valence-corrected chi connectivity index (χ4v) is 7.33. The molecule has 216 valence electrons. The van der Waals surface area contributed by atoms with Gasteiger partial charge in [-0.2, -0.15) is 4.98 Å². The highest BCUT2D eigenvalue weighted by Crippen LogP contribution is 2.47. The molecule has 41 heavy (non-hydrogen) atoms. The maximum Gasteiger partial charge on any atom is 0.274 e. The molecule has 6 rings (SSSR count). The fraction of sp³-hybridized carbons (Fsp3) is 0.393. The molecule has 10 nitrogen and oxygen atoms in total. The number of anilines is 2. The van der Waals surface area contributed by atoms with E-state index in [1.807, 2.05) is 0 Å². The van der Waals surface area contributed by atoms with E-state index in [1.165, 1.54) is 18.5 Å². The van der Waals surface area contributed by atoms with Crippen LogP contribution in [0.1, 0.15) is 31.2 Å². The average Bonchev–Trinajstić information content (AvgIpc) is 3.37. The van der Waals surface area contributed by atoms with Crippen LogP contribution >= 0.6 is 0 Å². The lowest BCUT2D eigenvalue weighted by atomic mass is 9.87. The maximum atomic E-state index is 15.6. The standard InChI is InChI=1S/C28H33F2N8O2S/c1-36-12-14-37(15-13-36)20-4-6-21(7-5-20)38(28-24(17-34-38)27(31)32-18-33-28)22-8-11-26(25(30)16-22)35-41(39,40)23-9-2-19(29)3-10-23/h2-3,8-11,16-18,20-21,35H,4-7,12-15H2,1H3,(H2,31,32,33)/q+1. The van der Waals surface area contributed by atoms with Gasteiger partial charge in [-0.15, -0.1) is 4.59 Å². The summed E-state index contributed by atoms with van der Waals surface area (Å²) in [5, 5.41) is 4.91. The summed E-state index contributed by atoms with van der Waals surface area (Å²) < 4.78 is 56.8. The highest BCUT2D eigenvalue weighted by Gasteiger charge is 2.51. The number of rotatable bonds is 6. The Labute approximate surface area is 238 Å². The number of fused-ring (bicyclic) bond motifs is 1. The second-order valence-electron chi connectivity index (χ2n) is 11.0. The third kappa shape index (κ3) is 5.07. The van der Waals surface area contributed by atoms with Crippen LogP contribution in [0.3, 0.4) is 0 Å². The first-order valence-electron chi connectivity index (χ1n) is 13.7. The van der Waals surface area contributed by atoms with Gasteiger partial charge in [0.1, 0.15) is 35.8 Å². The van der Waals surface area contributed by atoms with Crippen LogP contribution in [0.25, 0.3) is 0 Å². The number of nitrogens with two attached hydrogens (primary N) is 1. The van der Waals surface area contributed by atoms with Gasteiger partial charge in [0, 0.05) is 57.2 Å². The van der Waals surface area contributed by atoms with Crippen LogP contribution in [0.15, 0.2) is 58.8 Å². The topological polar surface area (TPSA) is 117 Å². The van der Waals surface area contributed by atoms with Crippen molar-refractivity contribution in [1.82, 2.24) is 24.4 Å². The summed E-state index contributed by atoms with van der Waals surface area (Å²) in [4.78, 5) is 13.4. The van der Waals surface area contributed by atoms with Crippen molar-refractivity contribution in [1.29, 1.82) is 0 Å². The number of hydrogen-bond donors (Lipinski definition) is 2. The molecule has 1 unspecified atom stereocenters. The zero-order valence-corrected chi connectivity index (χ0v) is 23.6. The third-order valence-corrected chi connectivity index (χ3v) is 9.93.